The van der Waals surface area contributed by atoms with Crippen LogP contribution in [0.2, 0.25) is 0 Å². The van der Waals surface area contributed by atoms with E-state index < -0.39 is 4.92 Å². The molecule has 0 aromatic heterocycles. The molecule has 118 valence electrons. The second-order valence-electron chi connectivity index (χ2n) is 5.67. The van der Waals surface area contributed by atoms with Crippen LogP contribution in [0.25, 0.3) is 0 Å². The van der Waals surface area contributed by atoms with Gasteiger partial charge in [-0.25, -0.2) is 0 Å². The molecule has 1 aromatic rings. The van der Waals surface area contributed by atoms with E-state index in [-0.39, 0.29) is 11.3 Å². The van der Waals surface area contributed by atoms with Crippen molar-refractivity contribution in [3.05, 3.63) is 33.9 Å². The highest BCUT2D eigenvalue weighted by molar-refractivity contribution is 5.58. The summed E-state index contributed by atoms with van der Waals surface area (Å²) in [6, 6.07) is 7.03. The van der Waals surface area contributed by atoms with Crippen molar-refractivity contribution in [2.24, 2.45) is 0 Å². The Hall–Kier alpha value is -2.13. The van der Waals surface area contributed by atoms with Crippen LogP contribution in [0.3, 0.4) is 0 Å². The largest absolute Gasteiger partial charge is 0.384 e. The molecule has 2 N–H and O–H groups in total. The maximum atomic E-state index is 10.8. The maximum absolute atomic E-state index is 10.8. The minimum Gasteiger partial charge on any atom is -0.384 e. The second kappa shape index (κ2) is 8.35. The molecule has 22 heavy (non-hydrogen) atoms. The Bertz CT molecular complexity index is 546. The molecule has 0 aliphatic heterocycles. The number of rotatable bonds is 6. The lowest BCUT2D eigenvalue weighted by Gasteiger charge is -2.16. The summed E-state index contributed by atoms with van der Waals surface area (Å²) in [5.74, 6) is 0. The van der Waals surface area contributed by atoms with Gasteiger partial charge in [-0.15, -0.1) is 0 Å². The number of hydrogen-bond donors (Lipinski definition) is 2. The number of nitrogens with zero attached hydrogens (tertiary/aromatic N) is 2. The Morgan fingerprint density at radius 3 is 2.59 bits per heavy atom. The van der Waals surface area contributed by atoms with Crippen LogP contribution >= 0.6 is 0 Å². The van der Waals surface area contributed by atoms with Crippen molar-refractivity contribution >= 4 is 11.4 Å². The van der Waals surface area contributed by atoms with E-state index in [0.29, 0.717) is 6.04 Å². The molecule has 1 aliphatic rings. The van der Waals surface area contributed by atoms with E-state index in [1.54, 1.807) is 6.07 Å². The summed E-state index contributed by atoms with van der Waals surface area (Å²) < 4.78 is 0. The third-order valence-corrected chi connectivity index (χ3v) is 4.06. The predicted octanol–water partition coefficient (Wildman–Crippen LogP) is 3.19. The molecule has 0 spiro atoms. The Kier molecular flexibility index (Phi) is 6.16. The van der Waals surface area contributed by atoms with Crippen LogP contribution in [0.1, 0.15) is 44.1 Å². The molecule has 1 aromatic carbocycles. The number of nitro groups is 1. The van der Waals surface area contributed by atoms with Crippen molar-refractivity contribution in [3.8, 4) is 6.07 Å². The van der Waals surface area contributed by atoms with Gasteiger partial charge in [-0.3, -0.25) is 10.1 Å². The first-order valence-electron chi connectivity index (χ1n) is 7.86. The number of nitro benzene ring substituents is 1. The van der Waals surface area contributed by atoms with Crippen molar-refractivity contribution in [2.75, 3.05) is 18.4 Å². The number of nitriles is 1. The van der Waals surface area contributed by atoms with Gasteiger partial charge in [-0.2, -0.15) is 5.26 Å². The smallest absolute Gasteiger partial charge is 0.287 e. The normalized spacial score (nSPS) is 15.8. The molecular formula is C16H22N4O2. The van der Waals surface area contributed by atoms with E-state index in [2.05, 4.69) is 10.6 Å². The fourth-order valence-electron chi connectivity index (χ4n) is 2.86. The third-order valence-electron chi connectivity index (χ3n) is 4.06. The highest BCUT2D eigenvalue weighted by Crippen LogP contribution is 2.21. The molecule has 0 bridgehead atoms. The van der Waals surface area contributed by atoms with E-state index >= 15 is 0 Å². The maximum Gasteiger partial charge on any atom is 0.287 e. The average Bonchev–Trinajstić information content (AvgIpc) is 2.80. The van der Waals surface area contributed by atoms with E-state index in [9.17, 15) is 10.1 Å². The molecule has 1 fully saturated rings. The van der Waals surface area contributed by atoms with Gasteiger partial charge in [0.2, 0.25) is 0 Å². The Morgan fingerprint density at radius 2 is 1.95 bits per heavy atom. The Balaban J connectivity index is 1.79. The van der Waals surface area contributed by atoms with Gasteiger partial charge in [0.1, 0.15) is 11.6 Å². The van der Waals surface area contributed by atoms with Gasteiger partial charge in [0, 0.05) is 30.9 Å². The molecule has 0 heterocycles. The molecule has 0 saturated heterocycles. The molecular weight excluding hydrogens is 280 g/mol. The Morgan fingerprint density at radius 1 is 1.23 bits per heavy atom. The third kappa shape index (κ3) is 4.71. The summed E-state index contributed by atoms with van der Waals surface area (Å²) in [6.07, 6.45) is 7.79. The first kappa shape index (κ1) is 16.2. The number of benzene rings is 1. The summed E-state index contributed by atoms with van der Waals surface area (Å²) in [5, 5.41) is 26.5. The monoisotopic (exact) mass is 302 g/mol. The van der Waals surface area contributed by atoms with E-state index in [1.807, 2.05) is 6.07 Å². The highest BCUT2D eigenvalue weighted by Gasteiger charge is 2.14. The second-order valence-corrected chi connectivity index (χ2v) is 5.67. The average molecular weight is 302 g/mol. The first-order chi connectivity index (χ1) is 10.7. The SMILES string of the molecule is N#Cc1cc(NCCNC2CCCCCC2)ccc1[N+](=O)[O-]. The summed E-state index contributed by atoms with van der Waals surface area (Å²) in [4.78, 5) is 10.2. The summed E-state index contributed by atoms with van der Waals surface area (Å²) in [7, 11) is 0. The summed E-state index contributed by atoms with van der Waals surface area (Å²) in [6.45, 7) is 1.59. The van der Waals surface area contributed by atoms with Crippen molar-refractivity contribution in [1.82, 2.24) is 5.32 Å². The summed E-state index contributed by atoms with van der Waals surface area (Å²) in [5.41, 5.74) is 0.682. The molecule has 0 amide bonds. The zero-order chi connectivity index (χ0) is 15.8. The van der Waals surface area contributed by atoms with Gasteiger partial charge >= 0.3 is 0 Å². The Labute approximate surface area is 130 Å². The van der Waals surface area contributed by atoms with Gasteiger partial charge in [0.15, 0.2) is 0 Å². The van der Waals surface area contributed by atoms with Crippen LogP contribution in [0, 0.1) is 21.4 Å². The highest BCUT2D eigenvalue weighted by atomic mass is 16.6. The van der Waals surface area contributed by atoms with Crippen LogP contribution in [-0.4, -0.2) is 24.1 Å². The van der Waals surface area contributed by atoms with Crippen LogP contribution in [-0.2, 0) is 0 Å². The van der Waals surface area contributed by atoms with E-state index in [1.165, 1.54) is 50.7 Å². The van der Waals surface area contributed by atoms with Crippen molar-refractivity contribution in [1.29, 1.82) is 5.26 Å². The van der Waals surface area contributed by atoms with Crippen molar-refractivity contribution < 1.29 is 4.92 Å². The minimum atomic E-state index is -0.532. The molecule has 6 heteroatoms. The fourth-order valence-corrected chi connectivity index (χ4v) is 2.86. The predicted molar refractivity (Wildman–Crippen MR) is 85.8 cm³/mol. The van der Waals surface area contributed by atoms with E-state index in [4.69, 9.17) is 5.26 Å². The minimum absolute atomic E-state index is 0.0896. The van der Waals surface area contributed by atoms with Crippen LogP contribution < -0.4 is 10.6 Å². The van der Waals surface area contributed by atoms with Gasteiger partial charge in [-0.05, 0) is 25.0 Å². The molecule has 1 aliphatic carbocycles. The first-order valence-corrected chi connectivity index (χ1v) is 7.86. The lowest BCUT2D eigenvalue weighted by atomic mass is 10.1. The van der Waals surface area contributed by atoms with Crippen molar-refractivity contribution in [2.45, 2.75) is 44.6 Å². The fraction of sp³-hybridized carbons (Fsp3) is 0.562. The number of anilines is 1. The zero-order valence-corrected chi connectivity index (χ0v) is 12.7. The standard InChI is InChI=1S/C16H22N4O2/c17-12-13-11-15(7-8-16(13)20(21)22)19-10-9-18-14-5-3-1-2-4-6-14/h7-8,11,14,18-19H,1-6,9-10H2. The van der Waals surface area contributed by atoms with Crippen LogP contribution in [0.15, 0.2) is 18.2 Å². The molecule has 0 unspecified atom stereocenters. The van der Waals surface area contributed by atoms with Crippen LogP contribution in [0.4, 0.5) is 11.4 Å². The van der Waals surface area contributed by atoms with Gasteiger partial charge < -0.3 is 10.6 Å². The van der Waals surface area contributed by atoms with E-state index in [0.717, 1.165) is 18.8 Å². The number of hydrogen-bond acceptors (Lipinski definition) is 5. The summed E-state index contributed by atoms with van der Waals surface area (Å²) >= 11 is 0. The van der Waals surface area contributed by atoms with Crippen LogP contribution in [0.5, 0.6) is 0 Å². The lowest BCUT2D eigenvalue weighted by Crippen LogP contribution is -2.32. The molecule has 0 radical (unpaired) electrons. The molecule has 2 rings (SSSR count). The zero-order valence-electron chi connectivity index (χ0n) is 12.7. The topological polar surface area (TPSA) is 91.0 Å². The van der Waals surface area contributed by atoms with Gasteiger partial charge in [0.05, 0.1) is 4.92 Å². The quantitative estimate of drug-likeness (QED) is 0.364. The molecule has 6 nitrogen and oxygen atoms in total. The molecule has 1 saturated carbocycles. The lowest BCUT2D eigenvalue weighted by molar-refractivity contribution is -0.385. The van der Waals surface area contributed by atoms with Gasteiger partial charge in [0.25, 0.3) is 5.69 Å². The van der Waals surface area contributed by atoms with Gasteiger partial charge in [-0.1, -0.05) is 25.7 Å². The molecule has 0 atom stereocenters. The number of nitrogens with one attached hydrogen (secondary N) is 2. The van der Waals surface area contributed by atoms with Crippen molar-refractivity contribution in [3.63, 3.8) is 0 Å².